The van der Waals surface area contributed by atoms with Crippen molar-refractivity contribution in [2.45, 2.75) is 0 Å². The van der Waals surface area contributed by atoms with E-state index in [1.165, 1.54) is 0 Å². The molecule has 0 saturated carbocycles. The third-order valence-electron chi connectivity index (χ3n) is 0.193. The number of hydrogen-bond donors (Lipinski definition) is 1. The van der Waals surface area contributed by atoms with E-state index in [1.54, 1.807) is 0 Å². The Hall–Kier alpha value is 0.160. The summed E-state index contributed by atoms with van der Waals surface area (Å²) in [4.78, 5) is 0. The smallest absolute Gasteiger partial charge is 0.263 e. The molecule has 0 saturated heterocycles. The van der Waals surface area contributed by atoms with Crippen LogP contribution in [-0.2, 0) is 14.6 Å². The molecule has 0 rings (SSSR count). The summed E-state index contributed by atoms with van der Waals surface area (Å²) in [5.74, 6) is 0. The zero-order valence-electron chi connectivity index (χ0n) is 3.17. The lowest BCUT2D eigenvalue weighted by molar-refractivity contribution is 0.310. The summed E-state index contributed by atoms with van der Waals surface area (Å²) in [7, 11) is -4.31. The van der Waals surface area contributed by atoms with Crippen LogP contribution in [0.4, 0.5) is 0 Å². The van der Waals surface area contributed by atoms with E-state index in [0.717, 1.165) is 0 Å². The minimum Gasteiger partial charge on any atom is -0.263 e. The highest BCUT2D eigenvalue weighted by Gasteiger charge is 1.99. The van der Waals surface area contributed by atoms with Crippen LogP contribution in [0, 0.1) is 0 Å². The van der Waals surface area contributed by atoms with Crippen LogP contribution >= 0.6 is 11.6 Å². The van der Waals surface area contributed by atoms with Crippen LogP contribution < -0.4 is 0 Å². The highest BCUT2D eigenvalue weighted by molar-refractivity contribution is 7.80. The predicted molar refractivity (Wildman–Crippen MR) is 23.4 cm³/mol. The quantitative estimate of drug-likeness (QED) is 0.440. The van der Waals surface area contributed by atoms with Gasteiger partial charge >= 0.3 is 10.4 Å². The molecule has 0 bridgehead atoms. The van der Waals surface area contributed by atoms with Crippen LogP contribution in [0.25, 0.3) is 0 Å². The van der Waals surface area contributed by atoms with E-state index in [1.807, 2.05) is 0 Å². The van der Waals surface area contributed by atoms with Gasteiger partial charge in [0.05, 0.1) is 0 Å². The van der Waals surface area contributed by atoms with Crippen molar-refractivity contribution in [2.75, 3.05) is 6.07 Å². The highest BCUT2D eigenvalue weighted by Crippen LogP contribution is 1.85. The van der Waals surface area contributed by atoms with Gasteiger partial charge in [-0.25, -0.2) is 4.18 Å². The topological polar surface area (TPSA) is 63.6 Å². The fourth-order valence-corrected chi connectivity index (χ4v) is 0.507. The van der Waals surface area contributed by atoms with Crippen molar-refractivity contribution in [3.63, 3.8) is 0 Å². The van der Waals surface area contributed by atoms with Gasteiger partial charge in [0.25, 0.3) is 0 Å². The average molecular weight is 147 g/mol. The third kappa shape index (κ3) is 6.16. The van der Waals surface area contributed by atoms with Gasteiger partial charge in [-0.05, 0) is 0 Å². The molecule has 0 aromatic heterocycles. The maximum Gasteiger partial charge on any atom is 0.398 e. The molecular formula is CH3ClO4S. The maximum atomic E-state index is 9.48. The maximum absolute atomic E-state index is 9.48. The van der Waals surface area contributed by atoms with E-state index in [0.29, 0.717) is 0 Å². The predicted octanol–water partition coefficient (Wildman–Crippen LogP) is 0.00210. The van der Waals surface area contributed by atoms with E-state index in [2.05, 4.69) is 4.18 Å². The van der Waals surface area contributed by atoms with Crippen molar-refractivity contribution in [1.82, 2.24) is 0 Å². The lowest BCUT2D eigenvalue weighted by Crippen LogP contribution is -2.00. The Bertz CT molecular complexity index is 125. The summed E-state index contributed by atoms with van der Waals surface area (Å²) >= 11 is 4.72. The Morgan fingerprint density at radius 2 is 2.14 bits per heavy atom. The lowest BCUT2D eigenvalue weighted by atomic mass is 11.7. The largest absolute Gasteiger partial charge is 0.398 e. The first-order chi connectivity index (χ1) is 3.06. The van der Waals surface area contributed by atoms with Gasteiger partial charge in [-0.2, -0.15) is 8.42 Å². The molecule has 0 aliphatic rings. The van der Waals surface area contributed by atoms with E-state index < -0.39 is 16.5 Å². The van der Waals surface area contributed by atoms with E-state index >= 15 is 0 Å². The van der Waals surface area contributed by atoms with Gasteiger partial charge in [-0.15, -0.1) is 0 Å². The van der Waals surface area contributed by atoms with E-state index in [9.17, 15) is 8.42 Å². The Balaban J connectivity index is 3.60. The van der Waals surface area contributed by atoms with Crippen LogP contribution in [0.2, 0.25) is 0 Å². The highest BCUT2D eigenvalue weighted by atomic mass is 35.5. The molecule has 7 heavy (non-hydrogen) atoms. The fourth-order valence-electron chi connectivity index (χ4n) is 0.0563. The van der Waals surface area contributed by atoms with Crippen molar-refractivity contribution in [3.8, 4) is 0 Å². The summed E-state index contributed by atoms with van der Waals surface area (Å²) < 4.78 is 30.2. The molecule has 0 radical (unpaired) electrons. The molecule has 1 N–H and O–H groups in total. The Morgan fingerprint density at radius 3 is 2.14 bits per heavy atom. The van der Waals surface area contributed by atoms with Crippen molar-refractivity contribution < 1.29 is 17.2 Å². The minimum atomic E-state index is -4.31. The average Bonchev–Trinajstić information content (AvgIpc) is 1.30. The second kappa shape index (κ2) is 2.46. The Morgan fingerprint density at radius 1 is 1.71 bits per heavy atom. The van der Waals surface area contributed by atoms with Crippen LogP contribution in [0.3, 0.4) is 0 Å². The second-order valence-electron chi connectivity index (χ2n) is 0.655. The van der Waals surface area contributed by atoms with Gasteiger partial charge in [0.15, 0.2) is 0 Å². The molecule has 0 amide bonds. The van der Waals surface area contributed by atoms with E-state index in [4.69, 9.17) is 16.2 Å². The molecule has 44 valence electrons. The first-order valence-corrected chi connectivity index (χ1v) is 3.14. The first kappa shape index (κ1) is 7.16. The second-order valence-corrected chi connectivity index (χ2v) is 1.96. The fraction of sp³-hybridized carbons (Fsp3) is 1.00. The first-order valence-electron chi connectivity index (χ1n) is 1.24. The normalized spacial score (nSPS) is 11.7. The van der Waals surface area contributed by atoms with Crippen LogP contribution in [-0.4, -0.2) is 19.0 Å². The zero-order chi connectivity index (χ0) is 5.91. The Kier molecular flexibility index (Phi) is 2.52. The number of alkyl halides is 1. The van der Waals surface area contributed by atoms with Crippen molar-refractivity contribution >= 4 is 22.0 Å². The molecule has 4 nitrogen and oxygen atoms in total. The molecule has 0 aromatic rings. The molecule has 0 aromatic carbocycles. The van der Waals surface area contributed by atoms with Crippen LogP contribution in [0.5, 0.6) is 0 Å². The molecule has 0 unspecified atom stereocenters. The molecule has 0 heterocycles. The standard InChI is InChI=1S/CH3ClO4S/c2-1-6-7(3,4)5/h1H2,(H,3,4,5). The summed E-state index contributed by atoms with van der Waals surface area (Å²) in [5, 5.41) is 0. The van der Waals surface area contributed by atoms with Crippen molar-refractivity contribution in [3.05, 3.63) is 0 Å². The van der Waals surface area contributed by atoms with Crippen LogP contribution in [0.1, 0.15) is 0 Å². The van der Waals surface area contributed by atoms with Gasteiger partial charge in [0.1, 0.15) is 6.07 Å². The zero-order valence-corrected chi connectivity index (χ0v) is 4.74. The molecule has 6 heteroatoms. The van der Waals surface area contributed by atoms with Crippen molar-refractivity contribution in [2.24, 2.45) is 0 Å². The summed E-state index contributed by atoms with van der Waals surface area (Å²) in [6.07, 6.45) is 0. The third-order valence-corrected chi connectivity index (χ3v) is 0.848. The molecule has 0 aliphatic heterocycles. The van der Waals surface area contributed by atoms with Gasteiger partial charge in [-0.1, -0.05) is 11.6 Å². The number of halogens is 1. The summed E-state index contributed by atoms with van der Waals surface area (Å²) in [5.41, 5.74) is 0. The molecule has 0 spiro atoms. The Labute approximate surface area is 46.0 Å². The lowest BCUT2D eigenvalue weighted by Gasteiger charge is -1.87. The minimum absolute atomic E-state index is 0.557. The van der Waals surface area contributed by atoms with Gasteiger partial charge < -0.3 is 0 Å². The summed E-state index contributed by atoms with van der Waals surface area (Å²) in [6, 6.07) is -0.557. The number of rotatable bonds is 2. The molecule has 0 fully saturated rings. The molecular weight excluding hydrogens is 144 g/mol. The monoisotopic (exact) mass is 146 g/mol. The molecule has 0 atom stereocenters. The van der Waals surface area contributed by atoms with E-state index in [-0.39, 0.29) is 0 Å². The summed E-state index contributed by atoms with van der Waals surface area (Å²) in [6.45, 7) is 0. The van der Waals surface area contributed by atoms with Crippen LogP contribution in [0.15, 0.2) is 0 Å². The molecule has 0 aliphatic carbocycles. The van der Waals surface area contributed by atoms with Gasteiger partial charge in [0.2, 0.25) is 0 Å². The van der Waals surface area contributed by atoms with Gasteiger partial charge in [0, 0.05) is 0 Å². The SMILES string of the molecule is O=S(=O)(O)OCCl. The van der Waals surface area contributed by atoms with Crippen molar-refractivity contribution in [1.29, 1.82) is 0 Å². The number of hydrogen-bond acceptors (Lipinski definition) is 3. The van der Waals surface area contributed by atoms with Gasteiger partial charge in [-0.3, -0.25) is 4.55 Å².